The van der Waals surface area contributed by atoms with Gasteiger partial charge in [-0.15, -0.1) is 10.2 Å². The molecule has 0 N–H and O–H groups in total. The lowest BCUT2D eigenvalue weighted by Crippen LogP contribution is -2.15. The van der Waals surface area contributed by atoms with Gasteiger partial charge in [-0.05, 0) is 11.6 Å². The summed E-state index contributed by atoms with van der Waals surface area (Å²) < 4.78 is 63.7. The van der Waals surface area contributed by atoms with Crippen molar-refractivity contribution in [3.63, 3.8) is 0 Å². The smallest absolute Gasteiger partial charge is 0.308 e. The molecule has 0 aliphatic carbocycles. The van der Waals surface area contributed by atoms with E-state index in [1.165, 1.54) is 25.5 Å². The third-order valence-corrected chi connectivity index (χ3v) is 4.23. The quantitative estimate of drug-likeness (QED) is 0.867. The molecule has 1 heterocycles. The van der Waals surface area contributed by atoms with Crippen LogP contribution in [0.2, 0.25) is 0 Å². The summed E-state index contributed by atoms with van der Waals surface area (Å²) in [4.78, 5) is 0. The van der Waals surface area contributed by atoms with Crippen LogP contribution in [-0.4, -0.2) is 23.2 Å². The number of aromatic nitrogens is 3. The molecule has 0 saturated carbocycles. The van der Waals surface area contributed by atoms with Gasteiger partial charge < -0.3 is 4.57 Å². The summed E-state index contributed by atoms with van der Waals surface area (Å²) in [5, 5.41) is 6.47. The SMILES string of the molecule is Cn1cnnc1S(=O)(=O)Cc1ccccc1C(F)(F)F. The highest BCUT2D eigenvalue weighted by atomic mass is 32.2. The summed E-state index contributed by atoms with van der Waals surface area (Å²) >= 11 is 0. The molecule has 0 radical (unpaired) electrons. The van der Waals surface area contributed by atoms with Crippen LogP contribution < -0.4 is 0 Å². The molecular weight excluding hydrogens is 295 g/mol. The molecule has 0 bridgehead atoms. The Labute approximate surface area is 113 Å². The maximum absolute atomic E-state index is 12.8. The molecule has 9 heteroatoms. The van der Waals surface area contributed by atoms with Crippen molar-refractivity contribution >= 4 is 9.84 Å². The topological polar surface area (TPSA) is 64.8 Å². The molecule has 0 aliphatic rings. The van der Waals surface area contributed by atoms with Crippen molar-refractivity contribution in [3.8, 4) is 0 Å². The van der Waals surface area contributed by atoms with Crippen LogP contribution in [0.4, 0.5) is 13.2 Å². The van der Waals surface area contributed by atoms with Crippen LogP contribution in [0.15, 0.2) is 35.7 Å². The molecule has 0 amide bonds. The van der Waals surface area contributed by atoms with Gasteiger partial charge in [0.25, 0.3) is 0 Å². The summed E-state index contributed by atoms with van der Waals surface area (Å²) in [6, 6.07) is 4.55. The first kappa shape index (κ1) is 14.5. The number of halogens is 3. The molecule has 0 unspecified atom stereocenters. The Balaban J connectivity index is 2.44. The lowest BCUT2D eigenvalue weighted by atomic mass is 10.1. The average molecular weight is 305 g/mol. The fourth-order valence-electron chi connectivity index (χ4n) is 1.75. The Morgan fingerprint density at radius 2 is 1.90 bits per heavy atom. The monoisotopic (exact) mass is 305 g/mol. The highest BCUT2D eigenvalue weighted by molar-refractivity contribution is 7.90. The maximum atomic E-state index is 12.8. The van der Waals surface area contributed by atoms with Gasteiger partial charge in [0.05, 0.1) is 11.3 Å². The maximum Gasteiger partial charge on any atom is 0.416 e. The summed E-state index contributed by atoms with van der Waals surface area (Å²) in [6.07, 6.45) is -3.44. The van der Waals surface area contributed by atoms with Gasteiger partial charge in [0, 0.05) is 7.05 Å². The molecule has 1 aromatic heterocycles. The molecule has 0 spiro atoms. The molecule has 2 aromatic rings. The average Bonchev–Trinajstić information content (AvgIpc) is 2.75. The van der Waals surface area contributed by atoms with Gasteiger partial charge >= 0.3 is 6.18 Å². The first-order chi connectivity index (χ1) is 9.22. The first-order valence-corrected chi connectivity index (χ1v) is 7.09. The lowest BCUT2D eigenvalue weighted by Gasteiger charge is -2.12. The van der Waals surface area contributed by atoms with E-state index in [1.54, 1.807) is 0 Å². The Morgan fingerprint density at radius 3 is 2.45 bits per heavy atom. The fourth-order valence-corrected chi connectivity index (χ4v) is 3.19. The summed E-state index contributed by atoms with van der Waals surface area (Å²) in [6.45, 7) is 0. The number of rotatable bonds is 3. The van der Waals surface area contributed by atoms with Gasteiger partial charge in [0.15, 0.2) is 0 Å². The zero-order chi connectivity index (χ0) is 15.0. The van der Waals surface area contributed by atoms with Gasteiger partial charge in [-0.2, -0.15) is 13.2 Å². The van der Waals surface area contributed by atoms with E-state index in [2.05, 4.69) is 10.2 Å². The van der Waals surface area contributed by atoms with E-state index in [0.29, 0.717) is 0 Å². The minimum atomic E-state index is -4.61. The number of hydrogen-bond acceptors (Lipinski definition) is 4. The first-order valence-electron chi connectivity index (χ1n) is 5.43. The van der Waals surface area contributed by atoms with E-state index in [4.69, 9.17) is 0 Å². The minimum absolute atomic E-state index is 0.317. The third-order valence-electron chi connectivity index (χ3n) is 2.62. The van der Waals surface area contributed by atoms with Crippen LogP contribution in [0, 0.1) is 0 Å². The van der Waals surface area contributed by atoms with Crippen LogP contribution in [0.5, 0.6) is 0 Å². The van der Waals surface area contributed by atoms with Crippen molar-refractivity contribution in [3.05, 3.63) is 41.7 Å². The summed E-state index contributed by atoms with van der Waals surface area (Å²) in [5.41, 5.74) is -1.28. The molecule has 0 fully saturated rings. The molecular formula is C11H10F3N3O2S. The second-order valence-corrected chi connectivity index (χ2v) is 6.02. The second-order valence-electron chi connectivity index (χ2n) is 4.14. The summed E-state index contributed by atoms with van der Waals surface area (Å²) in [5.74, 6) is -0.783. The second kappa shape index (κ2) is 4.89. The van der Waals surface area contributed by atoms with Crippen LogP contribution in [0.25, 0.3) is 0 Å². The number of benzene rings is 1. The zero-order valence-electron chi connectivity index (χ0n) is 10.3. The number of sulfone groups is 1. The van der Waals surface area contributed by atoms with E-state index in [-0.39, 0.29) is 10.7 Å². The van der Waals surface area contributed by atoms with Gasteiger partial charge in [-0.25, -0.2) is 8.42 Å². The Bertz CT molecular complexity index is 723. The number of alkyl halides is 3. The van der Waals surface area contributed by atoms with Gasteiger partial charge in [0.2, 0.25) is 15.0 Å². The molecule has 2 rings (SSSR count). The van der Waals surface area contributed by atoms with Crippen molar-refractivity contribution in [2.75, 3.05) is 0 Å². The van der Waals surface area contributed by atoms with E-state index in [0.717, 1.165) is 16.7 Å². The molecule has 0 aliphatic heterocycles. The van der Waals surface area contributed by atoms with Gasteiger partial charge in [-0.3, -0.25) is 0 Å². The Kier molecular flexibility index (Phi) is 3.55. The standard InChI is InChI=1S/C11H10F3N3O2S/c1-17-7-15-16-10(17)20(18,19)6-8-4-2-3-5-9(8)11(12,13)14/h2-5,7H,6H2,1H3. The van der Waals surface area contributed by atoms with Crippen molar-refractivity contribution in [1.82, 2.24) is 14.8 Å². The van der Waals surface area contributed by atoms with E-state index < -0.39 is 27.3 Å². The number of nitrogens with zero attached hydrogens (tertiary/aromatic N) is 3. The van der Waals surface area contributed by atoms with E-state index in [9.17, 15) is 21.6 Å². The van der Waals surface area contributed by atoms with Crippen LogP contribution in [0.3, 0.4) is 0 Å². The Morgan fingerprint density at radius 1 is 1.25 bits per heavy atom. The minimum Gasteiger partial charge on any atom is -0.308 e. The van der Waals surface area contributed by atoms with Crippen molar-refractivity contribution < 1.29 is 21.6 Å². The van der Waals surface area contributed by atoms with E-state index in [1.807, 2.05) is 0 Å². The molecule has 5 nitrogen and oxygen atoms in total. The van der Waals surface area contributed by atoms with Gasteiger partial charge in [0.1, 0.15) is 6.33 Å². The van der Waals surface area contributed by atoms with Crippen LogP contribution >= 0.6 is 0 Å². The largest absolute Gasteiger partial charge is 0.416 e. The normalized spacial score (nSPS) is 12.6. The van der Waals surface area contributed by atoms with Crippen LogP contribution in [0.1, 0.15) is 11.1 Å². The highest BCUT2D eigenvalue weighted by Gasteiger charge is 2.34. The van der Waals surface area contributed by atoms with E-state index >= 15 is 0 Å². The number of aryl methyl sites for hydroxylation is 1. The van der Waals surface area contributed by atoms with Crippen molar-refractivity contribution in [1.29, 1.82) is 0 Å². The lowest BCUT2D eigenvalue weighted by molar-refractivity contribution is -0.138. The molecule has 20 heavy (non-hydrogen) atoms. The summed E-state index contributed by atoms with van der Waals surface area (Å²) in [7, 11) is -2.59. The van der Waals surface area contributed by atoms with Crippen molar-refractivity contribution in [2.45, 2.75) is 17.1 Å². The van der Waals surface area contributed by atoms with Gasteiger partial charge in [-0.1, -0.05) is 18.2 Å². The van der Waals surface area contributed by atoms with Crippen molar-refractivity contribution in [2.24, 2.45) is 7.05 Å². The predicted octanol–water partition coefficient (Wildman–Crippen LogP) is 1.81. The van der Waals surface area contributed by atoms with Crippen LogP contribution in [-0.2, 0) is 28.8 Å². The zero-order valence-corrected chi connectivity index (χ0v) is 11.1. The highest BCUT2D eigenvalue weighted by Crippen LogP contribution is 2.33. The fraction of sp³-hybridized carbons (Fsp3) is 0.273. The molecule has 0 saturated heterocycles. The third kappa shape index (κ3) is 2.82. The predicted molar refractivity (Wildman–Crippen MR) is 63.3 cm³/mol. The Hall–Kier alpha value is -1.90. The molecule has 1 aromatic carbocycles. The molecule has 108 valence electrons. The number of hydrogen-bond donors (Lipinski definition) is 0. The molecule has 0 atom stereocenters.